The van der Waals surface area contributed by atoms with Crippen molar-refractivity contribution in [2.24, 2.45) is 0 Å². The number of esters is 1. The highest BCUT2D eigenvalue weighted by atomic mass is 16.7. The third-order valence-electron chi connectivity index (χ3n) is 17.7. The van der Waals surface area contributed by atoms with E-state index in [4.69, 9.17) is 14.2 Å². The first kappa shape index (κ1) is 85.1. The predicted octanol–water partition coefficient (Wildman–Crippen LogP) is 20.2. The molecule has 0 bridgehead atoms. The van der Waals surface area contributed by atoms with Gasteiger partial charge in [0.05, 0.1) is 32.0 Å². The lowest BCUT2D eigenvalue weighted by molar-refractivity contribution is -0.302. The van der Waals surface area contributed by atoms with Crippen LogP contribution < -0.4 is 5.32 Å². The Bertz CT molecular complexity index is 1730. The summed E-state index contributed by atoms with van der Waals surface area (Å²) in [5, 5.41) is 54.3. The summed E-state index contributed by atoms with van der Waals surface area (Å²) >= 11 is 0. The maximum absolute atomic E-state index is 13.0. The van der Waals surface area contributed by atoms with Gasteiger partial charge in [0.15, 0.2) is 6.29 Å². The molecule has 11 heteroatoms. The number of ether oxygens (including phenoxy) is 3. The van der Waals surface area contributed by atoms with Crippen LogP contribution in [0.15, 0.2) is 72.9 Å². The van der Waals surface area contributed by atoms with Crippen molar-refractivity contribution in [3.05, 3.63) is 72.9 Å². The maximum Gasteiger partial charge on any atom is 0.305 e. The lowest BCUT2D eigenvalue weighted by Crippen LogP contribution is -2.60. The Balaban J connectivity index is 1.89. The molecule has 0 aromatic rings. The minimum absolute atomic E-state index is 0.00131. The second-order valence-electron chi connectivity index (χ2n) is 26.3. The van der Waals surface area contributed by atoms with E-state index in [0.717, 1.165) is 70.6 Å². The van der Waals surface area contributed by atoms with Crippen LogP contribution >= 0.6 is 0 Å². The molecule has 1 rings (SSSR count). The summed E-state index contributed by atoms with van der Waals surface area (Å²) in [6, 6.07) is -0.825. The Hall–Kier alpha value is -2.90. The number of carbonyl (C=O) groups is 2. The first-order valence-electron chi connectivity index (χ1n) is 38.2. The van der Waals surface area contributed by atoms with Gasteiger partial charge in [-0.2, -0.15) is 0 Å². The molecular weight excluding hydrogens is 1120 g/mol. The van der Waals surface area contributed by atoms with Crippen LogP contribution in [0.1, 0.15) is 354 Å². The van der Waals surface area contributed by atoms with Gasteiger partial charge in [-0.25, -0.2) is 0 Å². The summed E-state index contributed by atoms with van der Waals surface area (Å²) in [7, 11) is 0. The number of aliphatic hydroxyl groups is 5. The Morgan fingerprint density at radius 3 is 1.21 bits per heavy atom. The molecule has 1 aliphatic rings. The van der Waals surface area contributed by atoms with E-state index in [0.29, 0.717) is 19.4 Å². The summed E-state index contributed by atoms with van der Waals surface area (Å²) in [5.41, 5.74) is 0. The van der Waals surface area contributed by atoms with Crippen molar-refractivity contribution < 1.29 is 49.3 Å². The number of unbranched alkanes of at least 4 members (excludes halogenated alkanes) is 43. The van der Waals surface area contributed by atoms with Crippen LogP contribution in [0.4, 0.5) is 0 Å². The third kappa shape index (κ3) is 55.5. The average molecular weight is 1270 g/mol. The number of amides is 1. The molecule has 6 N–H and O–H groups in total. The molecule has 0 spiro atoms. The van der Waals surface area contributed by atoms with Crippen molar-refractivity contribution in [3.63, 3.8) is 0 Å². The fourth-order valence-electron chi connectivity index (χ4n) is 11.8. The zero-order valence-corrected chi connectivity index (χ0v) is 58.3. The van der Waals surface area contributed by atoms with E-state index in [1.54, 1.807) is 6.08 Å². The van der Waals surface area contributed by atoms with Gasteiger partial charge in [0.1, 0.15) is 24.4 Å². The normalized spacial score (nSPS) is 18.1. The molecule has 0 radical (unpaired) electrons. The minimum atomic E-state index is -1.58. The van der Waals surface area contributed by atoms with Gasteiger partial charge in [-0.1, -0.05) is 311 Å². The van der Waals surface area contributed by atoms with Crippen LogP contribution in [0.25, 0.3) is 0 Å². The summed E-state index contributed by atoms with van der Waals surface area (Å²) in [6.07, 6.45) is 82.3. The second-order valence-corrected chi connectivity index (χ2v) is 26.3. The third-order valence-corrected chi connectivity index (χ3v) is 17.7. The van der Waals surface area contributed by atoms with Crippen LogP contribution in [-0.4, -0.2) is 100 Å². The first-order valence-corrected chi connectivity index (χ1v) is 38.2. The summed E-state index contributed by atoms with van der Waals surface area (Å²) < 4.78 is 16.7. The van der Waals surface area contributed by atoms with E-state index >= 15 is 0 Å². The molecule has 11 nitrogen and oxygen atoms in total. The molecule has 524 valence electrons. The molecule has 0 aromatic carbocycles. The average Bonchev–Trinajstić information content (AvgIpc) is 0.993. The molecule has 1 heterocycles. The van der Waals surface area contributed by atoms with Gasteiger partial charge >= 0.3 is 5.97 Å². The highest BCUT2D eigenvalue weighted by molar-refractivity contribution is 5.76. The van der Waals surface area contributed by atoms with E-state index in [9.17, 15) is 35.1 Å². The summed E-state index contributed by atoms with van der Waals surface area (Å²) in [4.78, 5) is 25.1. The highest BCUT2D eigenvalue weighted by Gasteiger charge is 2.44. The molecule has 0 saturated carbocycles. The number of aliphatic hydroxyl groups excluding tert-OH is 5. The van der Waals surface area contributed by atoms with E-state index < -0.39 is 49.5 Å². The van der Waals surface area contributed by atoms with Crippen LogP contribution in [0.5, 0.6) is 0 Å². The highest BCUT2D eigenvalue weighted by Crippen LogP contribution is 2.23. The van der Waals surface area contributed by atoms with Gasteiger partial charge in [0.25, 0.3) is 0 Å². The Morgan fingerprint density at radius 1 is 0.411 bits per heavy atom. The van der Waals surface area contributed by atoms with Gasteiger partial charge in [-0.05, 0) is 103 Å². The molecular formula is C79H143NO10. The molecule has 0 aromatic heterocycles. The molecule has 7 atom stereocenters. The largest absolute Gasteiger partial charge is 0.466 e. The topological polar surface area (TPSA) is 175 Å². The standard InChI is InChI=1S/C79H143NO10/c1-3-5-7-9-11-13-15-43-47-51-55-59-63-67-75(84)88-68-64-60-56-52-48-45-42-40-38-36-34-32-30-28-26-24-22-20-18-16-17-19-21-23-25-27-29-31-33-35-37-39-41-44-46-50-54-58-62-66-74(83)80-71(70-89-79-78(87)77(86)76(85)73(69-81)90-79)72(82)65-61-57-53-49-14-12-10-8-6-4-2/h7,9,13-17,20,22,49,61,65,71-73,76-79,81-82,85-87H,3-6,8,10-12,18-19,21,23-48,50-60,62-64,66-70H2,1-2H3,(H,80,83)/b9-7-,15-13-,17-16-,22-20-,49-14+,65-61+. The fraction of sp³-hybridized carbons (Fsp3) is 0.823. The summed E-state index contributed by atoms with van der Waals surface area (Å²) in [6.45, 7) is 4.25. The van der Waals surface area contributed by atoms with Crippen molar-refractivity contribution in [2.45, 2.75) is 397 Å². The first-order chi connectivity index (χ1) is 44.2. The quantitative estimate of drug-likeness (QED) is 0.0195. The number of hydrogen-bond donors (Lipinski definition) is 6. The predicted molar refractivity (Wildman–Crippen MR) is 380 cm³/mol. The molecule has 1 saturated heterocycles. The molecule has 1 aliphatic heterocycles. The number of rotatable bonds is 67. The van der Waals surface area contributed by atoms with Crippen LogP contribution in [0.2, 0.25) is 0 Å². The minimum Gasteiger partial charge on any atom is -0.466 e. The lowest BCUT2D eigenvalue weighted by Gasteiger charge is -2.40. The van der Waals surface area contributed by atoms with Crippen molar-refractivity contribution in [1.82, 2.24) is 5.32 Å². The number of carbonyl (C=O) groups excluding carboxylic acids is 2. The van der Waals surface area contributed by atoms with Crippen LogP contribution in [0, 0.1) is 0 Å². The Kier molecular flexibility index (Phi) is 63.9. The van der Waals surface area contributed by atoms with Crippen molar-refractivity contribution in [3.8, 4) is 0 Å². The molecule has 90 heavy (non-hydrogen) atoms. The number of nitrogens with one attached hydrogen (secondary N) is 1. The SMILES string of the molecule is CCC/C=C\C/C=C\CCCCCCCC(=O)OCCCCCCCCCCCCCCCCC/C=C\C/C=C\CCCCCCCCCCCCCCCCCCCC(=O)NC(COC1OC(CO)C(O)C(O)C1O)C(O)/C=C/CC/C=C/CCCCCC. The maximum atomic E-state index is 13.0. The van der Waals surface area contributed by atoms with Gasteiger partial charge in [-0.15, -0.1) is 0 Å². The molecule has 1 fully saturated rings. The van der Waals surface area contributed by atoms with Gasteiger partial charge in [-0.3, -0.25) is 9.59 Å². The van der Waals surface area contributed by atoms with Crippen LogP contribution in [0.3, 0.4) is 0 Å². The van der Waals surface area contributed by atoms with Crippen molar-refractivity contribution in [2.75, 3.05) is 19.8 Å². The summed E-state index contributed by atoms with van der Waals surface area (Å²) in [5.74, 6) is -0.191. The zero-order chi connectivity index (χ0) is 65.1. The van der Waals surface area contributed by atoms with Gasteiger partial charge < -0.3 is 45.1 Å². The zero-order valence-electron chi connectivity index (χ0n) is 58.3. The van der Waals surface area contributed by atoms with E-state index in [1.807, 2.05) is 6.08 Å². The van der Waals surface area contributed by atoms with Crippen molar-refractivity contribution in [1.29, 1.82) is 0 Å². The van der Waals surface area contributed by atoms with E-state index in [1.165, 1.54) is 257 Å². The van der Waals surface area contributed by atoms with E-state index in [-0.39, 0.29) is 18.5 Å². The molecule has 7 unspecified atom stereocenters. The monoisotopic (exact) mass is 1270 g/mol. The van der Waals surface area contributed by atoms with E-state index in [2.05, 4.69) is 79.9 Å². The molecule has 0 aliphatic carbocycles. The molecule has 1 amide bonds. The Labute approximate surface area is 553 Å². The number of allylic oxidation sites excluding steroid dienone is 11. The van der Waals surface area contributed by atoms with Crippen LogP contribution in [-0.2, 0) is 23.8 Å². The Morgan fingerprint density at radius 2 is 0.778 bits per heavy atom. The smallest absolute Gasteiger partial charge is 0.305 e. The second kappa shape index (κ2) is 67.5. The van der Waals surface area contributed by atoms with Crippen molar-refractivity contribution >= 4 is 11.9 Å². The fourth-order valence-corrected chi connectivity index (χ4v) is 11.8. The number of hydrogen-bond acceptors (Lipinski definition) is 10. The van der Waals surface area contributed by atoms with Gasteiger partial charge in [0.2, 0.25) is 5.91 Å². The lowest BCUT2D eigenvalue weighted by atomic mass is 9.99. The van der Waals surface area contributed by atoms with Gasteiger partial charge in [0, 0.05) is 12.8 Å².